The number of rotatable bonds is 4. The van der Waals surface area contributed by atoms with Crippen LogP contribution in [0.1, 0.15) is 24.0 Å². The highest BCUT2D eigenvalue weighted by Crippen LogP contribution is 2.37. The Bertz CT molecular complexity index is 1120. The van der Waals surface area contributed by atoms with Crippen LogP contribution in [0.15, 0.2) is 60.8 Å². The summed E-state index contributed by atoms with van der Waals surface area (Å²) in [7, 11) is 0. The van der Waals surface area contributed by atoms with Crippen LogP contribution in [-0.2, 0) is 16.1 Å². The Hall–Kier alpha value is -3.38. The number of benzene rings is 2. The Labute approximate surface area is 179 Å². The number of carbonyl (C=O) groups excluding carboxylic acids is 2. The summed E-state index contributed by atoms with van der Waals surface area (Å²) in [4.78, 5) is 31.3. The molecule has 2 amide bonds. The topological polar surface area (TPSA) is 71.5 Å². The summed E-state index contributed by atoms with van der Waals surface area (Å²) in [5, 5.41) is 3.45. The van der Waals surface area contributed by atoms with E-state index in [0.29, 0.717) is 34.6 Å². The minimum atomic E-state index is -0.230. The summed E-state index contributed by atoms with van der Waals surface area (Å²) in [6.45, 7) is 2.22. The van der Waals surface area contributed by atoms with Gasteiger partial charge in [0.05, 0.1) is 6.54 Å². The molecule has 1 aromatic heterocycles. The van der Waals surface area contributed by atoms with Crippen molar-refractivity contribution in [2.24, 2.45) is 0 Å². The van der Waals surface area contributed by atoms with Gasteiger partial charge in [0.15, 0.2) is 0 Å². The molecule has 0 saturated heterocycles. The lowest BCUT2D eigenvalue weighted by molar-refractivity contribution is -0.122. The lowest BCUT2D eigenvalue weighted by Crippen LogP contribution is -2.30. The van der Waals surface area contributed by atoms with Gasteiger partial charge in [0, 0.05) is 35.3 Å². The molecule has 0 aliphatic carbocycles. The zero-order valence-corrected chi connectivity index (χ0v) is 17.1. The third-order valence-electron chi connectivity index (χ3n) is 4.88. The lowest BCUT2D eigenvalue weighted by Gasteiger charge is -2.21. The van der Waals surface area contributed by atoms with E-state index in [9.17, 15) is 9.59 Å². The molecule has 4 rings (SSSR count). The molecule has 2 aromatic carbocycles. The van der Waals surface area contributed by atoms with Crippen molar-refractivity contribution in [2.45, 2.75) is 26.3 Å². The molecule has 0 fully saturated rings. The number of carbonyl (C=O) groups is 2. The van der Waals surface area contributed by atoms with Crippen molar-refractivity contribution in [3.63, 3.8) is 0 Å². The van der Waals surface area contributed by atoms with Gasteiger partial charge in [-0.3, -0.25) is 9.59 Å². The summed E-state index contributed by atoms with van der Waals surface area (Å²) < 4.78 is 5.92. The number of pyridine rings is 1. The maximum atomic E-state index is 13.0. The summed E-state index contributed by atoms with van der Waals surface area (Å²) >= 11 is 5.95. The van der Waals surface area contributed by atoms with Gasteiger partial charge < -0.3 is 15.0 Å². The number of hydrogen-bond acceptors (Lipinski definition) is 4. The van der Waals surface area contributed by atoms with Crippen LogP contribution in [0.3, 0.4) is 0 Å². The van der Waals surface area contributed by atoms with Crippen molar-refractivity contribution in [3.8, 4) is 11.6 Å². The maximum Gasteiger partial charge on any atom is 0.243 e. The van der Waals surface area contributed by atoms with Crippen molar-refractivity contribution in [2.75, 3.05) is 10.2 Å². The molecule has 0 spiro atoms. The Kier molecular flexibility index (Phi) is 5.68. The highest BCUT2D eigenvalue weighted by Gasteiger charge is 2.26. The Balaban J connectivity index is 1.48. The normalized spacial score (nSPS) is 12.3. The van der Waals surface area contributed by atoms with Gasteiger partial charge in [-0.2, -0.15) is 0 Å². The van der Waals surface area contributed by atoms with Crippen LogP contribution in [-0.4, -0.2) is 16.8 Å². The second-order valence-corrected chi connectivity index (χ2v) is 7.46. The maximum absolute atomic E-state index is 13.0. The fourth-order valence-electron chi connectivity index (χ4n) is 3.32. The average Bonchev–Trinajstić information content (AvgIpc) is 2.91. The molecule has 1 N–H and O–H groups in total. The van der Waals surface area contributed by atoms with E-state index in [-0.39, 0.29) is 24.7 Å². The van der Waals surface area contributed by atoms with Crippen LogP contribution in [0.2, 0.25) is 5.02 Å². The first-order valence-electron chi connectivity index (χ1n) is 9.58. The van der Waals surface area contributed by atoms with E-state index in [0.717, 1.165) is 11.1 Å². The molecule has 0 atom stereocenters. The molecule has 30 heavy (non-hydrogen) atoms. The minimum absolute atomic E-state index is 0.0645. The fourth-order valence-corrected chi connectivity index (χ4v) is 3.54. The van der Waals surface area contributed by atoms with Crippen LogP contribution in [0.5, 0.6) is 11.6 Å². The van der Waals surface area contributed by atoms with E-state index < -0.39 is 0 Å². The summed E-state index contributed by atoms with van der Waals surface area (Å²) in [6.07, 6.45) is 1.75. The molecule has 1 aliphatic rings. The number of ether oxygens (including phenoxy) is 1. The predicted molar refractivity (Wildman–Crippen MR) is 116 cm³/mol. The second-order valence-electron chi connectivity index (χ2n) is 7.02. The van der Waals surface area contributed by atoms with Crippen LogP contribution < -0.4 is 15.0 Å². The SMILES string of the molecule is Cc1cc(Cl)ccc1NC(=O)CCC(=O)N1Cc2ccccc2Oc2ncccc21. The molecule has 6 nitrogen and oxygen atoms in total. The van der Waals surface area contributed by atoms with Crippen molar-refractivity contribution < 1.29 is 14.3 Å². The molecule has 0 unspecified atom stereocenters. The molecule has 1 aliphatic heterocycles. The van der Waals surface area contributed by atoms with E-state index in [4.69, 9.17) is 16.3 Å². The van der Waals surface area contributed by atoms with Gasteiger partial charge in [-0.05, 0) is 48.9 Å². The number of hydrogen-bond donors (Lipinski definition) is 1. The second kappa shape index (κ2) is 8.55. The van der Waals surface area contributed by atoms with Crippen molar-refractivity contribution in [1.82, 2.24) is 4.98 Å². The molecule has 0 saturated carbocycles. The van der Waals surface area contributed by atoms with Gasteiger partial charge in [-0.1, -0.05) is 29.8 Å². The third kappa shape index (κ3) is 4.28. The molecular weight excluding hydrogens is 402 g/mol. The lowest BCUT2D eigenvalue weighted by atomic mass is 10.1. The standard InChI is InChI=1S/C23H20ClN3O3/c1-15-13-17(24)8-9-18(15)26-21(28)10-11-22(29)27-14-16-5-2-3-7-20(16)30-23-19(27)6-4-12-25-23/h2-9,12-13H,10-11,14H2,1H3,(H,26,28). The Morgan fingerprint density at radius 1 is 1.13 bits per heavy atom. The average molecular weight is 422 g/mol. The molecule has 0 radical (unpaired) electrons. The fraction of sp³-hybridized carbons (Fsp3) is 0.174. The number of nitrogens with one attached hydrogen (secondary N) is 1. The number of amides is 2. The summed E-state index contributed by atoms with van der Waals surface area (Å²) in [5.41, 5.74) is 3.02. The van der Waals surface area contributed by atoms with Gasteiger partial charge in [-0.15, -0.1) is 0 Å². The third-order valence-corrected chi connectivity index (χ3v) is 5.11. The van der Waals surface area contributed by atoms with Crippen molar-refractivity contribution in [3.05, 3.63) is 76.9 Å². The van der Waals surface area contributed by atoms with Crippen LogP contribution >= 0.6 is 11.6 Å². The number of fused-ring (bicyclic) bond motifs is 2. The zero-order chi connectivity index (χ0) is 21.1. The largest absolute Gasteiger partial charge is 0.437 e. The number of aromatic nitrogens is 1. The smallest absolute Gasteiger partial charge is 0.243 e. The number of para-hydroxylation sites is 1. The minimum Gasteiger partial charge on any atom is -0.437 e. The summed E-state index contributed by atoms with van der Waals surface area (Å²) in [5.74, 6) is 0.639. The van der Waals surface area contributed by atoms with Gasteiger partial charge in [0.25, 0.3) is 0 Å². The Morgan fingerprint density at radius 2 is 1.97 bits per heavy atom. The molecule has 7 heteroatoms. The Morgan fingerprint density at radius 3 is 2.80 bits per heavy atom. The van der Waals surface area contributed by atoms with E-state index in [1.807, 2.05) is 31.2 Å². The van der Waals surface area contributed by atoms with E-state index in [2.05, 4.69) is 10.3 Å². The van der Waals surface area contributed by atoms with Gasteiger partial charge in [-0.25, -0.2) is 4.98 Å². The van der Waals surface area contributed by atoms with Crippen molar-refractivity contribution in [1.29, 1.82) is 0 Å². The number of aryl methyl sites for hydroxylation is 1. The molecule has 3 aromatic rings. The van der Waals surface area contributed by atoms with Crippen molar-refractivity contribution >= 4 is 34.8 Å². The molecule has 0 bridgehead atoms. The van der Waals surface area contributed by atoms with Crippen LogP contribution in [0, 0.1) is 6.92 Å². The first-order valence-corrected chi connectivity index (χ1v) is 9.96. The van der Waals surface area contributed by atoms with E-state index >= 15 is 0 Å². The van der Waals surface area contributed by atoms with Gasteiger partial charge in [0.1, 0.15) is 11.4 Å². The first-order chi connectivity index (χ1) is 14.5. The highest BCUT2D eigenvalue weighted by molar-refractivity contribution is 6.30. The van der Waals surface area contributed by atoms with Crippen LogP contribution in [0.25, 0.3) is 0 Å². The molecule has 152 valence electrons. The predicted octanol–water partition coefficient (Wildman–Crippen LogP) is 5.10. The number of halogens is 1. The number of anilines is 2. The van der Waals surface area contributed by atoms with E-state index in [1.165, 1.54) is 0 Å². The van der Waals surface area contributed by atoms with Gasteiger partial charge in [0.2, 0.25) is 17.7 Å². The monoisotopic (exact) mass is 421 g/mol. The number of nitrogens with zero attached hydrogens (tertiary/aromatic N) is 2. The molecule has 2 heterocycles. The molecular formula is C23H20ClN3O3. The van der Waals surface area contributed by atoms with E-state index in [1.54, 1.807) is 41.4 Å². The highest BCUT2D eigenvalue weighted by atomic mass is 35.5. The van der Waals surface area contributed by atoms with Crippen LogP contribution in [0.4, 0.5) is 11.4 Å². The quantitative estimate of drug-likeness (QED) is 0.636. The van der Waals surface area contributed by atoms with Gasteiger partial charge >= 0.3 is 0 Å². The zero-order valence-electron chi connectivity index (χ0n) is 16.4. The summed E-state index contributed by atoms with van der Waals surface area (Å²) in [6, 6.07) is 16.3. The first kappa shape index (κ1) is 19.9.